The fourth-order valence-corrected chi connectivity index (χ4v) is 5.49. The number of benzene rings is 1. The Morgan fingerprint density at radius 1 is 1.29 bits per heavy atom. The fourth-order valence-electron chi connectivity index (χ4n) is 4.49. The van der Waals surface area contributed by atoms with Crippen LogP contribution in [-0.4, -0.2) is 54.3 Å². The lowest BCUT2D eigenvalue weighted by Crippen LogP contribution is -2.38. The summed E-state index contributed by atoms with van der Waals surface area (Å²) in [4.78, 5) is 23.2. The smallest absolute Gasteiger partial charge is 0.323 e. The maximum Gasteiger partial charge on any atom is 0.323 e. The topological polar surface area (TPSA) is 76.6 Å². The standard InChI is InChI=1S/C22H23FN4O3S/c1-29-19-16-17(15(18(23)25-19)14-6-3-2-4-7-14)31-20(24-16)26-21(28)27-10-9-22(12-27)8-5-11-30-13-22/h2-4,6-7H,5,8-13H2,1H3,(H,24,26,28)/t22-/m0/s1. The summed E-state index contributed by atoms with van der Waals surface area (Å²) in [5.74, 6) is -0.528. The highest BCUT2D eigenvalue weighted by Gasteiger charge is 2.41. The predicted octanol–water partition coefficient (Wildman–Crippen LogP) is 4.54. The lowest BCUT2D eigenvalue weighted by Gasteiger charge is -2.32. The number of likely N-dealkylation sites (tertiary alicyclic amines) is 1. The molecule has 2 aliphatic rings. The van der Waals surface area contributed by atoms with Crippen molar-refractivity contribution in [2.45, 2.75) is 19.3 Å². The fraction of sp³-hybridized carbons (Fsp3) is 0.409. The minimum atomic E-state index is -0.629. The first-order valence-electron chi connectivity index (χ1n) is 10.3. The third-order valence-corrected chi connectivity index (χ3v) is 7.05. The van der Waals surface area contributed by atoms with Crippen molar-refractivity contribution in [2.75, 3.05) is 38.7 Å². The normalized spacial score (nSPS) is 21.0. The minimum absolute atomic E-state index is 0.0694. The van der Waals surface area contributed by atoms with E-state index < -0.39 is 5.95 Å². The number of thiazole rings is 1. The molecule has 1 spiro atoms. The van der Waals surface area contributed by atoms with Crippen LogP contribution in [0.4, 0.5) is 14.3 Å². The Kier molecular flexibility index (Phi) is 5.23. The van der Waals surface area contributed by atoms with E-state index in [4.69, 9.17) is 9.47 Å². The van der Waals surface area contributed by atoms with Crippen LogP contribution in [0.5, 0.6) is 5.88 Å². The van der Waals surface area contributed by atoms with Gasteiger partial charge in [-0.05, 0) is 24.8 Å². The van der Waals surface area contributed by atoms with Crippen LogP contribution in [0, 0.1) is 11.4 Å². The largest absolute Gasteiger partial charge is 0.479 e. The average molecular weight is 443 g/mol. The first-order chi connectivity index (χ1) is 15.1. The summed E-state index contributed by atoms with van der Waals surface area (Å²) in [6, 6.07) is 8.99. The van der Waals surface area contributed by atoms with Gasteiger partial charge in [0, 0.05) is 25.1 Å². The third-order valence-electron chi connectivity index (χ3n) is 6.06. The number of amides is 2. The summed E-state index contributed by atoms with van der Waals surface area (Å²) in [7, 11) is 1.43. The number of nitrogens with zero attached hydrogens (tertiary/aromatic N) is 3. The zero-order valence-electron chi connectivity index (χ0n) is 17.2. The van der Waals surface area contributed by atoms with Crippen molar-refractivity contribution in [3.8, 4) is 17.0 Å². The second kappa shape index (κ2) is 8.05. The van der Waals surface area contributed by atoms with Crippen LogP contribution in [0.2, 0.25) is 0 Å². The van der Waals surface area contributed by atoms with Gasteiger partial charge in [0.25, 0.3) is 0 Å². The molecule has 2 fully saturated rings. The quantitative estimate of drug-likeness (QED) is 0.603. The molecule has 3 aromatic rings. The van der Waals surface area contributed by atoms with E-state index in [1.54, 1.807) is 0 Å². The predicted molar refractivity (Wildman–Crippen MR) is 117 cm³/mol. The number of aromatic nitrogens is 2. The number of pyridine rings is 1. The highest BCUT2D eigenvalue weighted by molar-refractivity contribution is 7.23. The first kappa shape index (κ1) is 20.1. The van der Waals surface area contributed by atoms with Gasteiger partial charge in [-0.25, -0.2) is 9.78 Å². The highest BCUT2D eigenvalue weighted by atomic mass is 32.1. The van der Waals surface area contributed by atoms with Crippen LogP contribution in [0.25, 0.3) is 21.3 Å². The second-order valence-electron chi connectivity index (χ2n) is 8.11. The van der Waals surface area contributed by atoms with Crippen molar-refractivity contribution in [3.05, 3.63) is 36.3 Å². The van der Waals surface area contributed by atoms with Crippen molar-refractivity contribution in [1.82, 2.24) is 14.9 Å². The summed E-state index contributed by atoms with van der Waals surface area (Å²) in [6.07, 6.45) is 3.07. The van der Waals surface area contributed by atoms with Gasteiger partial charge >= 0.3 is 6.03 Å². The van der Waals surface area contributed by atoms with Crippen LogP contribution >= 0.6 is 11.3 Å². The van der Waals surface area contributed by atoms with E-state index in [1.807, 2.05) is 35.2 Å². The van der Waals surface area contributed by atoms with E-state index in [0.29, 0.717) is 46.2 Å². The lowest BCUT2D eigenvalue weighted by atomic mass is 9.82. The molecule has 31 heavy (non-hydrogen) atoms. The number of rotatable bonds is 3. The van der Waals surface area contributed by atoms with Gasteiger partial charge in [-0.2, -0.15) is 9.37 Å². The Labute approximate surface area is 183 Å². The van der Waals surface area contributed by atoms with Crippen LogP contribution in [0.3, 0.4) is 0 Å². The molecule has 2 saturated heterocycles. The van der Waals surface area contributed by atoms with Crippen molar-refractivity contribution < 1.29 is 18.7 Å². The molecule has 0 saturated carbocycles. The molecule has 0 radical (unpaired) electrons. The number of halogens is 1. The highest BCUT2D eigenvalue weighted by Crippen LogP contribution is 2.41. The van der Waals surface area contributed by atoms with Gasteiger partial charge in [-0.1, -0.05) is 41.7 Å². The second-order valence-corrected chi connectivity index (χ2v) is 9.11. The minimum Gasteiger partial charge on any atom is -0.479 e. The Bertz CT molecular complexity index is 1110. The SMILES string of the molecule is COc1nc(F)c(-c2ccccc2)c2sc(NC(=O)N3CC[C@@]4(CCCOC4)C3)nc12. The van der Waals surface area contributed by atoms with Crippen molar-refractivity contribution in [1.29, 1.82) is 0 Å². The van der Waals surface area contributed by atoms with Crippen molar-refractivity contribution in [2.24, 2.45) is 5.41 Å². The summed E-state index contributed by atoms with van der Waals surface area (Å²) in [5.41, 5.74) is 1.55. The number of hydrogen-bond donors (Lipinski definition) is 1. The molecule has 0 unspecified atom stereocenters. The summed E-state index contributed by atoms with van der Waals surface area (Å²) >= 11 is 1.22. The monoisotopic (exact) mass is 442 g/mol. The Balaban J connectivity index is 1.44. The molecule has 162 valence electrons. The summed E-state index contributed by atoms with van der Waals surface area (Å²) in [5, 5.41) is 3.28. The molecule has 7 nitrogen and oxygen atoms in total. The summed E-state index contributed by atoms with van der Waals surface area (Å²) < 4.78 is 26.3. The molecular weight excluding hydrogens is 419 g/mol. The van der Waals surface area contributed by atoms with Gasteiger partial charge in [-0.3, -0.25) is 5.32 Å². The van der Waals surface area contributed by atoms with Crippen LogP contribution in [0.1, 0.15) is 19.3 Å². The van der Waals surface area contributed by atoms with Crippen LogP contribution < -0.4 is 10.1 Å². The van der Waals surface area contributed by atoms with Crippen molar-refractivity contribution >= 4 is 32.7 Å². The molecular formula is C22H23FN4O3S. The van der Waals surface area contributed by atoms with E-state index >= 15 is 0 Å². The molecule has 1 atom stereocenters. The molecule has 1 aromatic carbocycles. The molecule has 2 aromatic heterocycles. The molecule has 1 N–H and O–H groups in total. The number of methoxy groups -OCH3 is 1. The number of carbonyl (C=O) groups is 1. The van der Waals surface area contributed by atoms with E-state index in [-0.39, 0.29) is 17.3 Å². The zero-order chi connectivity index (χ0) is 21.4. The maximum atomic E-state index is 14.9. The number of carbonyl (C=O) groups excluding carboxylic acids is 1. The summed E-state index contributed by atoms with van der Waals surface area (Å²) in [6.45, 7) is 2.88. The van der Waals surface area contributed by atoms with Crippen molar-refractivity contribution in [3.63, 3.8) is 0 Å². The van der Waals surface area contributed by atoms with Gasteiger partial charge in [0.2, 0.25) is 11.8 Å². The van der Waals surface area contributed by atoms with E-state index in [1.165, 1.54) is 18.4 Å². The third kappa shape index (κ3) is 3.72. The van der Waals surface area contributed by atoms with Crippen LogP contribution in [-0.2, 0) is 4.74 Å². The van der Waals surface area contributed by atoms with Gasteiger partial charge in [0.05, 0.1) is 24.0 Å². The number of ether oxygens (including phenoxy) is 2. The van der Waals surface area contributed by atoms with E-state index in [2.05, 4.69) is 15.3 Å². The van der Waals surface area contributed by atoms with E-state index in [9.17, 15) is 9.18 Å². The maximum absolute atomic E-state index is 14.9. The lowest BCUT2D eigenvalue weighted by molar-refractivity contribution is -0.000213. The van der Waals surface area contributed by atoms with E-state index in [0.717, 1.165) is 25.9 Å². The Morgan fingerprint density at radius 2 is 2.13 bits per heavy atom. The first-order valence-corrected chi connectivity index (χ1v) is 11.1. The number of hydrogen-bond acceptors (Lipinski definition) is 6. The number of anilines is 1. The average Bonchev–Trinajstić information content (AvgIpc) is 3.39. The Morgan fingerprint density at radius 3 is 2.87 bits per heavy atom. The molecule has 4 heterocycles. The zero-order valence-corrected chi connectivity index (χ0v) is 18.0. The number of nitrogens with one attached hydrogen (secondary N) is 1. The van der Waals surface area contributed by atoms with Gasteiger partial charge in [-0.15, -0.1) is 0 Å². The number of fused-ring (bicyclic) bond motifs is 1. The molecule has 0 bridgehead atoms. The molecule has 0 aliphatic carbocycles. The molecule has 5 rings (SSSR count). The van der Waals surface area contributed by atoms with Crippen LogP contribution in [0.15, 0.2) is 30.3 Å². The van der Waals surface area contributed by atoms with Gasteiger partial charge in [0.1, 0.15) is 5.52 Å². The van der Waals surface area contributed by atoms with Gasteiger partial charge in [0.15, 0.2) is 5.13 Å². The van der Waals surface area contributed by atoms with Gasteiger partial charge < -0.3 is 14.4 Å². The molecule has 2 amide bonds. The molecule has 2 aliphatic heterocycles. The molecule has 9 heteroatoms. The Hall–Kier alpha value is -2.78. The number of urea groups is 1.